The lowest BCUT2D eigenvalue weighted by molar-refractivity contribution is 0.438. The van der Waals surface area contributed by atoms with Crippen LogP contribution in [0.3, 0.4) is 0 Å². The molecule has 0 saturated carbocycles. The van der Waals surface area contributed by atoms with Crippen LogP contribution in [0.25, 0.3) is 10.8 Å². The number of benzene rings is 2. The van der Waals surface area contributed by atoms with E-state index in [1.54, 1.807) is 0 Å². The van der Waals surface area contributed by atoms with E-state index in [9.17, 15) is 12.8 Å². The van der Waals surface area contributed by atoms with Crippen LogP contribution in [-0.4, -0.2) is 8.42 Å². The van der Waals surface area contributed by atoms with E-state index in [1.165, 1.54) is 36.4 Å². The highest BCUT2D eigenvalue weighted by Gasteiger charge is 2.13. The Morgan fingerprint density at radius 2 is 1.69 bits per heavy atom. The van der Waals surface area contributed by atoms with E-state index in [0.29, 0.717) is 10.8 Å². The van der Waals surface area contributed by atoms with Gasteiger partial charge in [-0.15, -0.1) is 0 Å². The molecule has 3 nitrogen and oxygen atoms in total. The van der Waals surface area contributed by atoms with Gasteiger partial charge in [-0.2, -0.15) is 8.42 Å². The summed E-state index contributed by atoms with van der Waals surface area (Å²) in [5.74, 6) is -0.364. The van der Waals surface area contributed by atoms with Gasteiger partial charge in [0.15, 0.2) is 0 Å². The van der Waals surface area contributed by atoms with Crippen molar-refractivity contribution >= 4 is 20.9 Å². The predicted octanol–water partition coefficient (Wildman–Crippen LogP) is 2.48. The molecule has 0 aliphatic carbocycles. The second-order valence-corrected chi connectivity index (χ2v) is 4.84. The number of fused-ring (bicyclic) bond motifs is 1. The van der Waals surface area contributed by atoms with E-state index in [0.717, 1.165) is 0 Å². The number of hydrogen-bond acceptors (Lipinski definition) is 3. The Hall–Kier alpha value is -1.46. The molecule has 0 spiro atoms. The summed E-state index contributed by atoms with van der Waals surface area (Å²) in [6.07, 6.45) is 0. The van der Waals surface area contributed by atoms with Crippen LogP contribution in [0.5, 0.6) is 0 Å². The van der Waals surface area contributed by atoms with Crippen molar-refractivity contribution in [3.8, 4) is 0 Å². The molecule has 83 valence electrons. The Morgan fingerprint density at radius 3 is 2.38 bits per heavy atom. The molecule has 5 heteroatoms. The number of halogens is 1. The fourth-order valence-corrected chi connectivity index (χ4v) is 2.06. The van der Waals surface area contributed by atoms with Crippen molar-refractivity contribution in [1.82, 2.24) is 0 Å². The third kappa shape index (κ3) is 1.91. The first-order chi connectivity index (χ1) is 7.53. The summed E-state index contributed by atoms with van der Waals surface area (Å²) < 4.78 is 39.7. The Labute approximate surface area is 92.6 Å². The van der Waals surface area contributed by atoms with Crippen molar-refractivity contribution in [3.05, 3.63) is 49.3 Å². The Balaban J connectivity index is 2.66. The van der Waals surface area contributed by atoms with Crippen LogP contribution < -0.4 is 0 Å². The minimum atomic E-state index is -3.80. The molecular formula is C11H8FO3S. The first-order valence-electron chi connectivity index (χ1n) is 4.41. The van der Waals surface area contributed by atoms with E-state index in [1.807, 2.05) is 0 Å². The van der Waals surface area contributed by atoms with Gasteiger partial charge < -0.3 is 0 Å². The lowest BCUT2D eigenvalue weighted by Crippen LogP contribution is -2.01. The van der Waals surface area contributed by atoms with Crippen LogP contribution >= 0.6 is 0 Å². The Morgan fingerprint density at radius 1 is 1.06 bits per heavy atom. The van der Waals surface area contributed by atoms with Crippen LogP contribution in [-0.2, 0) is 14.3 Å². The molecule has 0 unspecified atom stereocenters. The molecule has 0 bridgehead atoms. The summed E-state index contributed by atoms with van der Waals surface area (Å²) >= 11 is 0. The summed E-state index contributed by atoms with van der Waals surface area (Å²) in [4.78, 5) is 0.00149. The minimum Gasteiger partial charge on any atom is -0.264 e. The average Bonchev–Trinajstić information content (AvgIpc) is 2.28. The van der Waals surface area contributed by atoms with Gasteiger partial charge in [-0.3, -0.25) is 4.18 Å². The van der Waals surface area contributed by atoms with Gasteiger partial charge in [-0.1, -0.05) is 12.1 Å². The maximum atomic E-state index is 12.9. The summed E-state index contributed by atoms with van der Waals surface area (Å²) in [6.45, 7) is 0. The molecule has 0 aliphatic rings. The van der Waals surface area contributed by atoms with Crippen LogP contribution in [0.15, 0.2) is 41.3 Å². The second kappa shape index (κ2) is 3.84. The van der Waals surface area contributed by atoms with E-state index >= 15 is 0 Å². The highest BCUT2D eigenvalue weighted by molar-refractivity contribution is 7.86. The summed E-state index contributed by atoms with van der Waals surface area (Å²) in [5.41, 5.74) is 0. The van der Waals surface area contributed by atoms with Crippen molar-refractivity contribution in [2.24, 2.45) is 0 Å². The summed E-state index contributed by atoms with van der Waals surface area (Å²) in [6, 6.07) is 8.38. The molecule has 0 fully saturated rings. The molecule has 0 atom stereocenters. The van der Waals surface area contributed by atoms with Crippen LogP contribution in [0.4, 0.5) is 4.39 Å². The normalized spacial score (nSPS) is 11.9. The smallest absolute Gasteiger partial charge is 0.264 e. The Kier molecular flexibility index (Phi) is 2.65. The molecule has 0 heterocycles. The zero-order valence-electron chi connectivity index (χ0n) is 8.18. The Bertz CT molecular complexity index is 635. The SMILES string of the molecule is [CH2]OS(=O)(=O)c1ccc2cc(F)ccc2c1. The van der Waals surface area contributed by atoms with Crippen molar-refractivity contribution in [3.63, 3.8) is 0 Å². The molecule has 0 aromatic heterocycles. The molecule has 2 rings (SSSR count). The lowest BCUT2D eigenvalue weighted by Gasteiger charge is -2.03. The van der Waals surface area contributed by atoms with Crippen LogP contribution in [0.2, 0.25) is 0 Å². The quantitative estimate of drug-likeness (QED) is 0.756. The third-order valence-electron chi connectivity index (χ3n) is 2.22. The van der Waals surface area contributed by atoms with Crippen molar-refractivity contribution in [2.75, 3.05) is 0 Å². The van der Waals surface area contributed by atoms with Gasteiger partial charge in [0.05, 0.1) is 12.0 Å². The number of rotatable bonds is 2. The van der Waals surface area contributed by atoms with Crippen LogP contribution in [0, 0.1) is 12.9 Å². The number of hydrogen-bond donors (Lipinski definition) is 0. The van der Waals surface area contributed by atoms with Gasteiger partial charge in [0, 0.05) is 0 Å². The summed E-state index contributed by atoms with van der Waals surface area (Å²) in [5, 5.41) is 1.25. The lowest BCUT2D eigenvalue weighted by atomic mass is 10.1. The predicted molar refractivity (Wildman–Crippen MR) is 57.5 cm³/mol. The summed E-state index contributed by atoms with van der Waals surface area (Å²) in [7, 11) is -0.925. The van der Waals surface area contributed by atoms with Gasteiger partial charge in [0.2, 0.25) is 0 Å². The van der Waals surface area contributed by atoms with Crippen molar-refractivity contribution in [2.45, 2.75) is 4.90 Å². The molecular weight excluding hydrogens is 231 g/mol. The average molecular weight is 239 g/mol. The van der Waals surface area contributed by atoms with Crippen molar-refractivity contribution in [1.29, 1.82) is 0 Å². The highest BCUT2D eigenvalue weighted by Crippen LogP contribution is 2.21. The van der Waals surface area contributed by atoms with Gasteiger partial charge >= 0.3 is 0 Å². The molecule has 0 N–H and O–H groups in total. The second-order valence-electron chi connectivity index (χ2n) is 3.23. The molecule has 0 saturated heterocycles. The first-order valence-corrected chi connectivity index (χ1v) is 5.82. The molecule has 1 radical (unpaired) electrons. The van der Waals surface area contributed by atoms with E-state index in [4.69, 9.17) is 0 Å². The third-order valence-corrected chi connectivity index (χ3v) is 3.36. The van der Waals surface area contributed by atoms with Gasteiger partial charge in [-0.25, -0.2) is 4.39 Å². The fraction of sp³-hybridized carbons (Fsp3) is 0. The fourth-order valence-electron chi connectivity index (χ4n) is 1.42. The molecule has 2 aromatic rings. The molecule has 16 heavy (non-hydrogen) atoms. The largest absolute Gasteiger partial charge is 0.297 e. The zero-order valence-corrected chi connectivity index (χ0v) is 9.00. The molecule has 2 aromatic carbocycles. The maximum Gasteiger partial charge on any atom is 0.297 e. The monoisotopic (exact) mass is 239 g/mol. The minimum absolute atomic E-state index is 0.00149. The van der Waals surface area contributed by atoms with Gasteiger partial charge in [0.1, 0.15) is 5.82 Å². The van der Waals surface area contributed by atoms with Gasteiger partial charge in [-0.05, 0) is 35.0 Å². The van der Waals surface area contributed by atoms with E-state index < -0.39 is 10.1 Å². The zero-order chi connectivity index (χ0) is 11.8. The molecule has 0 aliphatic heterocycles. The maximum absolute atomic E-state index is 12.9. The van der Waals surface area contributed by atoms with E-state index in [-0.39, 0.29) is 10.7 Å². The first kappa shape index (κ1) is 11.0. The standard InChI is InChI=1S/C11H8FO3S/c1-15-16(13,14)11-5-3-8-6-10(12)4-2-9(8)7-11/h2-7H,1H2. The highest BCUT2D eigenvalue weighted by atomic mass is 32.2. The van der Waals surface area contributed by atoms with Gasteiger partial charge in [0.25, 0.3) is 10.1 Å². The van der Waals surface area contributed by atoms with Crippen molar-refractivity contribution < 1.29 is 17.0 Å². The van der Waals surface area contributed by atoms with E-state index in [2.05, 4.69) is 11.3 Å². The topological polar surface area (TPSA) is 43.4 Å². The van der Waals surface area contributed by atoms with Crippen LogP contribution in [0.1, 0.15) is 0 Å². The molecule has 0 amide bonds.